The number of nitrogens with two attached hydrogens (primary N) is 1. The van der Waals surface area contributed by atoms with Gasteiger partial charge in [-0.05, 0) is 43.0 Å². The first-order chi connectivity index (χ1) is 13.3. The Morgan fingerprint density at radius 2 is 2.14 bits per heavy atom. The second-order valence-electron chi connectivity index (χ2n) is 6.68. The van der Waals surface area contributed by atoms with Crippen molar-refractivity contribution >= 4 is 38.3 Å². The zero-order chi connectivity index (χ0) is 20.3. The molecule has 1 amide bonds. The summed E-state index contributed by atoms with van der Waals surface area (Å²) in [4.78, 5) is 18.1. The van der Waals surface area contributed by atoms with E-state index in [0.29, 0.717) is 18.4 Å². The predicted octanol–water partition coefficient (Wildman–Crippen LogP) is 2.97. The van der Waals surface area contributed by atoms with E-state index in [9.17, 15) is 13.2 Å². The molecule has 0 aliphatic rings. The van der Waals surface area contributed by atoms with Crippen molar-refractivity contribution in [3.8, 4) is 0 Å². The van der Waals surface area contributed by atoms with E-state index in [4.69, 9.17) is 5.14 Å². The SMILES string of the molecule is CCCn1c(CCC(=O)N[C@@H](C)c2cccs2)nc2cc(S(N)(=O)=O)ccc21. The number of sulfonamides is 1. The van der Waals surface area contributed by atoms with Crippen molar-refractivity contribution in [1.82, 2.24) is 14.9 Å². The minimum absolute atomic E-state index is 0.0284. The standard InChI is InChI=1S/C19H24N4O3S2/c1-3-10-23-16-7-6-14(28(20,25)26)12-15(16)22-18(23)8-9-19(24)21-13(2)17-5-4-11-27-17/h4-7,11-13H,3,8-10H2,1-2H3,(H,21,24)(H2,20,25,26)/t13-/m0/s1. The van der Waals surface area contributed by atoms with Gasteiger partial charge in [0.1, 0.15) is 5.82 Å². The third kappa shape index (κ3) is 4.60. The van der Waals surface area contributed by atoms with E-state index in [1.54, 1.807) is 17.4 Å². The van der Waals surface area contributed by atoms with Gasteiger partial charge in [-0.2, -0.15) is 0 Å². The van der Waals surface area contributed by atoms with Crippen LogP contribution in [0.3, 0.4) is 0 Å². The number of thiophene rings is 1. The summed E-state index contributed by atoms with van der Waals surface area (Å²) >= 11 is 1.61. The first kappa shape index (κ1) is 20.5. The third-order valence-electron chi connectivity index (χ3n) is 4.50. The number of aromatic nitrogens is 2. The molecule has 2 heterocycles. The highest BCUT2D eigenvalue weighted by Gasteiger charge is 2.16. The van der Waals surface area contributed by atoms with E-state index < -0.39 is 10.0 Å². The summed E-state index contributed by atoms with van der Waals surface area (Å²) in [6, 6.07) is 8.63. The van der Waals surface area contributed by atoms with Crippen LogP contribution < -0.4 is 10.5 Å². The van der Waals surface area contributed by atoms with Crippen molar-refractivity contribution < 1.29 is 13.2 Å². The van der Waals surface area contributed by atoms with Crippen LogP contribution in [0, 0.1) is 0 Å². The van der Waals surface area contributed by atoms with Crippen molar-refractivity contribution in [2.75, 3.05) is 0 Å². The minimum atomic E-state index is -3.78. The summed E-state index contributed by atoms with van der Waals surface area (Å²) < 4.78 is 25.2. The highest BCUT2D eigenvalue weighted by atomic mass is 32.2. The smallest absolute Gasteiger partial charge is 0.238 e. The van der Waals surface area contributed by atoms with Gasteiger partial charge < -0.3 is 9.88 Å². The van der Waals surface area contributed by atoms with Crippen molar-refractivity contribution in [3.63, 3.8) is 0 Å². The van der Waals surface area contributed by atoms with E-state index >= 15 is 0 Å². The van der Waals surface area contributed by atoms with Gasteiger partial charge in [-0.1, -0.05) is 13.0 Å². The van der Waals surface area contributed by atoms with E-state index in [0.717, 1.165) is 29.2 Å². The van der Waals surface area contributed by atoms with Gasteiger partial charge in [0.15, 0.2) is 0 Å². The second-order valence-corrected chi connectivity index (χ2v) is 9.22. The van der Waals surface area contributed by atoms with Crippen molar-refractivity contribution in [2.45, 2.75) is 50.6 Å². The lowest BCUT2D eigenvalue weighted by molar-refractivity contribution is -0.121. The number of hydrogen-bond donors (Lipinski definition) is 2. The van der Waals surface area contributed by atoms with Crippen molar-refractivity contribution in [1.29, 1.82) is 0 Å². The number of rotatable bonds is 8. The normalized spacial score (nSPS) is 13.0. The zero-order valence-corrected chi connectivity index (χ0v) is 17.5. The van der Waals surface area contributed by atoms with Crippen LogP contribution in [0.5, 0.6) is 0 Å². The average molecular weight is 421 g/mol. The van der Waals surface area contributed by atoms with Gasteiger partial charge in [0.25, 0.3) is 0 Å². The number of imidazole rings is 1. The highest BCUT2D eigenvalue weighted by Crippen LogP contribution is 2.22. The van der Waals surface area contributed by atoms with Crippen LogP contribution in [0.25, 0.3) is 11.0 Å². The molecule has 0 radical (unpaired) electrons. The van der Waals surface area contributed by atoms with E-state index in [2.05, 4.69) is 17.2 Å². The summed E-state index contributed by atoms with van der Waals surface area (Å²) in [6.07, 6.45) is 1.68. The van der Waals surface area contributed by atoms with Gasteiger partial charge >= 0.3 is 0 Å². The monoisotopic (exact) mass is 420 g/mol. The number of amides is 1. The van der Waals surface area contributed by atoms with Gasteiger partial charge in [0.05, 0.1) is 22.0 Å². The number of benzene rings is 1. The molecule has 28 heavy (non-hydrogen) atoms. The fourth-order valence-electron chi connectivity index (χ4n) is 3.15. The molecule has 1 aromatic carbocycles. The Balaban J connectivity index is 1.77. The van der Waals surface area contributed by atoms with Gasteiger partial charge in [0.2, 0.25) is 15.9 Å². The number of carbonyl (C=O) groups excluding carboxylic acids is 1. The molecule has 0 aliphatic heterocycles. The molecule has 3 aromatic rings. The number of hydrogen-bond acceptors (Lipinski definition) is 5. The van der Waals surface area contributed by atoms with Crippen molar-refractivity contribution in [3.05, 3.63) is 46.4 Å². The molecule has 0 aliphatic carbocycles. The van der Waals surface area contributed by atoms with Crippen LogP contribution in [0.1, 0.15) is 43.4 Å². The van der Waals surface area contributed by atoms with Crippen LogP contribution >= 0.6 is 11.3 Å². The largest absolute Gasteiger partial charge is 0.349 e. The molecule has 0 bridgehead atoms. The highest BCUT2D eigenvalue weighted by molar-refractivity contribution is 7.89. The molecular weight excluding hydrogens is 396 g/mol. The van der Waals surface area contributed by atoms with Crippen molar-refractivity contribution in [2.24, 2.45) is 5.14 Å². The lowest BCUT2D eigenvalue weighted by Gasteiger charge is -2.12. The summed E-state index contributed by atoms with van der Waals surface area (Å²) in [5, 5.41) is 10.2. The number of primary sulfonamides is 1. The molecule has 150 valence electrons. The number of aryl methyl sites for hydroxylation is 2. The molecule has 7 nitrogen and oxygen atoms in total. The van der Waals surface area contributed by atoms with Crippen LogP contribution in [-0.4, -0.2) is 23.9 Å². The number of fused-ring (bicyclic) bond motifs is 1. The lowest BCUT2D eigenvalue weighted by Crippen LogP contribution is -2.26. The predicted molar refractivity (Wildman–Crippen MR) is 111 cm³/mol. The zero-order valence-electron chi connectivity index (χ0n) is 15.9. The molecule has 3 N–H and O–H groups in total. The maximum Gasteiger partial charge on any atom is 0.238 e. The molecule has 2 aromatic heterocycles. The van der Waals surface area contributed by atoms with Gasteiger partial charge in [0, 0.05) is 24.3 Å². The van der Waals surface area contributed by atoms with Crippen LogP contribution in [-0.2, 0) is 27.8 Å². The fraction of sp³-hybridized carbons (Fsp3) is 0.368. The average Bonchev–Trinajstić information content (AvgIpc) is 3.27. The Bertz CT molecular complexity index is 1070. The van der Waals surface area contributed by atoms with E-state index in [1.807, 2.05) is 29.0 Å². The molecule has 0 unspecified atom stereocenters. The third-order valence-corrected chi connectivity index (χ3v) is 6.46. The Labute approximate surface area is 168 Å². The van der Waals surface area contributed by atoms with E-state index in [-0.39, 0.29) is 16.8 Å². The molecule has 0 saturated heterocycles. The number of carbonyl (C=O) groups is 1. The Morgan fingerprint density at radius 3 is 2.79 bits per heavy atom. The van der Waals surface area contributed by atoms with Crippen LogP contribution in [0.2, 0.25) is 0 Å². The quantitative estimate of drug-likeness (QED) is 0.584. The second kappa shape index (κ2) is 8.42. The molecule has 0 fully saturated rings. The van der Waals surface area contributed by atoms with Crippen LogP contribution in [0.4, 0.5) is 0 Å². The molecular formula is C19H24N4O3S2. The minimum Gasteiger partial charge on any atom is -0.349 e. The fourth-order valence-corrected chi connectivity index (χ4v) is 4.42. The van der Waals surface area contributed by atoms with Gasteiger partial charge in [-0.15, -0.1) is 11.3 Å². The number of nitrogens with one attached hydrogen (secondary N) is 1. The first-order valence-electron chi connectivity index (χ1n) is 9.14. The number of nitrogens with zero attached hydrogens (tertiary/aromatic N) is 2. The van der Waals surface area contributed by atoms with Gasteiger partial charge in [-0.25, -0.2) is 18.5 Å². The summed E-state index contributed by atoms with van der Waals surface area (Å²) in [7, 11) is -3.78. The van der Waals surface area contributed by atoms with E-state index in [1.165, 1.54) is 12.1 Å². The summed E-state index contributed by atoms with van der Waals surface area (Å²) in [5.41, 5.74) is 1.42. The maximum atomic E-state index is 12.4. The first-order valence-corrected chi connectivity index (χ1v) is 11.6. The summed E-state index contributed by atoms with van der Waals surface area (Å²) in [5.74, 6) is 0.726. The molecule has 3 rings (SSSR count). The Kier molecular flexibility index (Phi) is 6.17. The van der Waals surface area contributed by atoms with Crippen LogP contribution in [0.15, 0.2) is 40.6 Å². The molecule has 9 heteroatoms. The lowest BCUT2D eigenvalue weighted by atomic mass is 10.2. The molecule has 0 saturated carbocycles. The molecule has 1 atom stereocenters. The maximum absolute atomic E-state index is 12.4. The molecule has 0 spiro atoms. The topological polar surface area (TPSA) is 107 Å². The van der Waals surface area contributed by atoms with Gasteiger partial charge in [-0.3, -0.25) is 4.79 Å². The summed E-state index contributed by atoms with van der Waals surface area (Å²) in [6.45, 7) is 4.77. The Hall–Kier alpha value is -2.23. The Morgan fingerprint density at radius 1 is 1.36 bits per heavy atom.